The van der Waals surface area contributed by atoms with Crippen LogP contribution in [0.3, 0.4) is 0 Å². The fourth-order valence-corrected chi connectivity index (χ4v) is 2.88. The van der Waals surface area contributed by atoms with Crippen molar-refractivity contribution in [1.82, 2.24) is 10.2 Å². The zero-order valence-corrected chi connectivity index (χ0v) is 12.7. The Morgan fingerprint density at radius 3 is 2.67 bits per heavy atom. The van der Waals surface area contributed by atoms with Crippen LogP contribution in [0.4, 0.5) is 0 Å². The van der Waals surface area contributed by atoms with Crippen molar-refractivity contribution in [3.63, 3.8) is 0 Å². The van der Waals surface area contributed by atoms with E-state index in [2.05, 4.69) is 10.2 Å². The molecule has 2 N–H and O–H groups in total. The Hall–Kier alpha value is -1.52. The van der Waals surface area contributed by atoms with Gasteiger partial charge in [0.05, 0.1) is 5.02 Å². The first-order valence-electron chi connectivity index (χ1n) is 6.85. The summed E-state index contributed by atoms with van der Waals surface area (Å²) in [5, 5.41) is 6.01. The van der Waals surface area contributed by atoms with Crippen molar-refractivity contribution >= 4 is 29.0 Å². The van der Waals surface area contributed by atoms with Crippen molar-refractivity contribution in [2.45, 2.75) is 25.7 Å². The molecule has 1 saturated carbocycles. The van der Waals surface area contributed by atoms with Crippen LogP contribution in [0.25, 0.3) is 0 Å². The van der Waals surface area contributed by atoms with E-state index in [1.165, 1.54) is 18.9 Å². The molecular weight excluding hydrogens is 311 g/mol. The Morgan fingerprint density at radius 2 is 2.00 bits per heavy atom. The minimum Gasteiger partial charge on any atom is -0.302 e. The molecule has 1 heterocycles. The number of H-pyrrole nitrogens is 2. The molecule has 0 atom stereocenters. The fraction of sp³-hybridized carbons (Fsp3) is 0.333. The van der Waals surface area contributed by atoms with Gasteiger partial charge in [0.1, 0.15) is 5.56 Å². The predicted octanol–water partition coefficient (Wildman–Crippen LogP) is 3.58. The molecule has 0 unspecified atom stereocenters. The summed E-state index contributed by atoms with van der Waals surface area (Å²) in [6.07, 6.45) is 4.15. The van der Waals surface area contributed by atoms with Gasteiger partial charge < -0.3 is 5.10 Å². The summed E-state index contributed by atoms with van der Waals surface area (Å²) in [5.41, 5.74) is 0.693. The first-order valence-corrected chi connectivity index (χ1v) is 7.61. The number of hydrogen-bond acceptors (Lipinski definition) is 2. The molecule has 1 fully saturated rings. The van der Waals surface area contributed by atoms with E-state index in [0.29, 0.717) is 22.7 Å². The molecule has 110 valence electrons. The standard InChI is InChI=1S/C15H14Cl2N2O2/c16-9-4-5-10(11(17)7-9)14(20)13-12(18-19-15(13)21)6-3-8-1-2-8/h4-5,7-8H,1-3,6H2,(H2,18,19,21). The summed E-state index contributed by atoms with van der Waals surface area (Å²) >= 11 is 11.9. The average molecular weight is 325 g/mol. The van der Waals surface area contributed by atoms with Gasteiger partial charge in [-0.2, -0.15) is 0 Å². The van der Waals surface area contributed by atoms with Gasteiger partial charge in [-0.15, -0.1) is 0 Å². The third-order valence-electron chi connectivity index (χ3n) is 3.76. The van der Waals surface area contributed by atoms with E-state index in [0.717, 1.165) is 12.3 Å². The van der Waals surface area contributed by atoms with Crippen molar-refractivity contribution in [1.29, 1.82) is 0 Å². The first kappa shape index (κ1) is 14.4. The molecule has 2 aromatic rings. The predicted molar refractivity (Wildman–Crippen MR) is 82.4 cm³/mol. The minimum absolute atomic E-state index is 0.153. The normalized spacial score (nSPS) is 14.4. The molecule has 6 heteroatoms. The maximum absolute atomic E-state index is 12.6. The summed E-state index contributed by atoms with van der Waals surface area (Å²) in [5.74, 6) is 0.357. The van der Waals surface area contributed by atoms with Crippen LogP contribution in [0.2, 0.25) is 10.0 Å². The Balaban J connectivity index is 1.92. The summed E-state index contributed by atoms with van der Waals surface area (Å²) in [4.78, 5) is 24.5. The molecule has 21 heavy (non-hydrogen) atoms. The molecular formula is C15H14Cl2N2O2. The molecule has 0 bridgehead atoms. The van der Waals surface area contributed by atoms with Crippen molar-refractivity contribution in [2.75, 3.05) is 0 Å². The largest absolute Gasteiger partial charge is 0.302 e. The van der Waals surface area contributed by atoms with E-state index in [-0.39, 0.29) is 16.4 Å². The SMILES string of the molecule is O=C(c1ccc(Cl)cc1Cl)c1c(CCC2CC2)[nH][nH]c1=O. The molecule has 1 aromatic heterocycles. The second kappa shape index (κ2) is 5.70. The lowest BCUT2D eigenvalue weighted by atomic mass is 10.0. The minimum atomic E-state index is -0.406. The highest BCUT2D eigenvalue weighted by Gasteiger charge is 2.25. The smallest absolute Gasteiger partial charge is 0.275 e. The third-order valence-corrected chi connectivity index (χ3v) is 4.31. The average Bonchev–Trinajstić information content (AvgIpc) is 3.19. The summed E-state index contributed by atoms with van der Waals surface area (Å²) in [6, 6.07) is 4.64. The van der Waals surface area contributed by atoms with Crippen LogP contribution in [0.15, 0.2) is 23.0 Å². The van der Waals surface area contributed by atoms with E-state index in [1.54, 1.807) is 12.1 Å². The number of rotatable bonds is 5. The van der Waals surface area contributed by atoms with Crippen LogP contribution >= 0.6 is 23.2 Å². The summed E-state index contributed by atoms with van der Waals surface area (Å²) < 4.78 is 0. The van der Waals surface area contributed by atoms with Crippen molar-refractivity contribution in [3.05, 3.63) is 55.4 Å². The van der Waals surface area contributed by atoms with Crippen LogP contribution < -0.4 is 5.56 Å². The first-order chi connectivity index (χ1) is 10.1. The lowest BCUT2D eigenvalue weighted by molar-refractivity contribution is 0.103. The third kappa shape index (κ3) is 3.06. The van der Waals surface area contributed by atoms with Gasteiger partial charge in [-0.3, -0.25) is 14.7 Å². The number of aryl methyl sites for hydroxylation is 1. The van der Waals surface area contributed by atoms with Crippen LogP contribution in [0.1, 0.15) is 40.9 Å². The van der Waals surface area contributed by atoms with Crippen molar-refractivity contribution < 1.29 is 4.79 Å². The van der Waals surface area contributed by atoms with Gasteiger partial charge in [-0.05, 0) is 37.0 Å². The second-order valence-corrected chi connectivity index (χ2v) is 6.21. The number of carbonyl (C=O) groups is 1. The number of benzene rings is 1. The van der Waals surface area contributed by atoms with Crippen LogP contribution in [0.5, 0.6) is 0 Å². The zero-order valence-electron chi connectivity index (χ0n) is 11.2. The number of hydrogen-bond donors (Lipinski definition) is 2. The van der Waals surface area contributed by atoms with E-state index >= 15 is 0 Å². The maximum atomic E-state index is 12.6. The Labute approximate surface area is 131 Å². The molecule has 1 aromatic carbocycles. The topological polar surface area (TPSA) is 65.7 Å². The quantitative estimate of drug-likeness (QED) is 0.825. The fourth-order valence-electron chi connectivity index (χ4n) is 2.39. The molecule has 3 rings (SSSR count). The van der Waals surface area contributed by atoms with Crippen LogP contribution in [-0.4, -0.2) is 16.0 Å². The van der Waals surface area contributed by atoms with Gasteiger partial charge in [0.2, 0.25) is 5.78 Å². The molecule has 1 aliphatic rings. The highest BCUT2D eigenvalue weighted by molar-refractivity contribution is 6.37. The molecule has 0 radical (unpaired) electrons. The van der Waals surface area contributed by atoms with Crippen LogP contribution in [0, 0.1) is 5.92 Å². The van der Waals surface area contributed by atoms with E-state index < -0.39 is 5.56 Å². The van der Waals surface area contributed by atoms with E-state index in [9.17, 15) is 9.59 Å². The van der Waals surface area contributed by atoms with Gasteiger partial charge in [0, 0.05) is 16.3 Å². The van der Waals surface area contributed by atoms with Crippen molar-refractivity contribution in [3.8, 4) is 0 Å². The Bertz CT molecular complexity index is 744. The Morgan fingerprint density at radius 1 is 1.24 bits per heavy atom. The molecule has 0 spiro atoms. The van der Waals surface area contributed by atoms with Gasteiger partial charge in [-0.1, -0.05) is 36.0 Å². The molecule has 0 saturated heterocycles. The summed E-state index contributed by atoms with van der Waals surface area (Å²) in [6.45, 7) is 0. The number of aromatic amines is 2. The van der Waals surface area contributed by atoms with E-state index in [4.69, 9.17) is 23.2 Å². The number of carbonyl (C=O) groups excluding carboxylic acids is 1. The monoisotopic (exact) mass is 324 g/mol. The summed E-state index contributed by atoms with van der Waals surface area (Å²) in [7, 11) is 0. The van der Waals surface area contributed by atoms with Gasteiger partial charge >= 0.3 is 0 Å². The van der Waals surface area contributed by atoms with Gasteiger partial charge in [0.15, 0.2) is 0 Å². The maximum Gasteiger partial charge on any atom is 0.275 e. The molecule has 1 aliphatic carbocycles. The highest BCUT2D eigenvalue weighted by atomic mass is 35.5. The lowest BCUT2D eigenvalue weighted by Gasteiger charge is -2.04. The van der Waals surface area contributed by atoms with Crippen LogP contribution in [-0.2, 0) is 6.42 Å². The zero-order chi connectivity index (χ0) is 15.0. The molecule has 4 nitrogen and oxygen atoms in total. The number of nitrogens with one attached hydrogen (secondary N) is 2. The van der Waals surface area contributed by atoms with Crippen molar-refractivity contribution in [2.24, 2.45) is 5.92 Å². The number of ketones is 1. The second-order valence-electron chi connectivity index (χ2n) is 5.37. The Kier molecular flexibility index (Phi) is 3.91. The lowest BCUT2D eigenvalue weighted by Crippen LogP contribution is -2.15. The highest BCUT2D eigenvalue weighted by Crippen LogP contribution is 2.33. The molecule has 0 amide bonds. The number of aromatic nitrogens is 2. The molecule has 0 aliphatic heterocycles. The van der Waals surface area contributed by atoms with E-state index in [1.807, 2.05) is 0 Å². The van der Waals surface area contributed by atoms with Gasteiger partial charge in [-0.25, -0.2) is 0 Å². The van der Waals surface area contributed by atoms with Gasteiger partial charge in [0.25, 0.3) is 5.56 Å². The number of halogens is 2.